The quantitative estimate of drug-likeness (QED) is 0.355. The van der Waals surface area contributed by atoms with Gasteiger partial charge in [-0.05, 0) is 49.6 Å². The molecule has 0 aliphatic carbocycles. The fourth-order valence-corrected chi connectivity index (χ4v) is 3.48. The van der Waals surface area contributed by atoms with Crippen LogP contribution in [0.4, 0.5) is 5.13 Å². The van der Waals surface area contributed by atoms with Crippen LogP contribution >= 0.6 is 11.3 Å². The Morgan fingerprint density at radius 3 is 2.79 bits per heavy atom. The Hall–Kier alpha value is -2.92. The third kappa shape index (κ3) is 5.78. The van der Waals surface area contributed by atoms with E-state index in [-0.39, 0.29) is 5.91 Å². The monoisotopic (exact) mass is 406 g/mol. The van der Waals surface area contributed by atoms with Crippen molar-refractivity contribution in [2.45, 2.75) is 33.6 Å². The summed E-state index contributed by atoms with van der Waals surface area (Å²) in [6, 6.07) is 14.0. The van der Waals surface area contributed by atoms with Gasteiger partial charge in [-0.15, -0.1) is 11.3 Å². The molecule has 0 radical (unpaired) electrons. The zero-order chi connectivity index (χ0) is 20.6. The van der Waals surface area contributed by atoms with Crippen molar-refractivity contribution in [1.82, 2.24) is 4.98 Å². The van der Waals surface area contributed by atoms with Crippen LogP contribution in [0.2, 0.25) is 0 Å². The molecular formula is C24H26N2O2S. The molecular weight excluding hydrogens is 380 g/mol. The van der Waals surface area contributed by atoms with Crippen LogP contribution in [0.5, 0.6) is 5.75 Å². The SMILES string of the molecule is CCCCOc1ccccc1/C=C/C(=O)Nc1nc(-c2ccc(C)c(C)c2)cs1. The van der Waals surface area contributed by atoms with Gasteiger partial charge in [0.05, 0.1) is 12.3 Å². The summed E-state index contributed by atoms with van der Waals surface area (Å²) in [5.74, 6) is 0.575. The summed E-state index contributed by atoms with van der Waals surface area (Å²) in [5.41, 5.74) is 5.28. The van der Waals surface area contributed by atoms with E-state index in [2.05, 4.69) is 49.3 Å². The molecule has 0 saturated carbocycles. The molecule has 0 aliphatic heterocycles. The van der Waals surface area contributed by atoms with E-state index in [0.717, 1.165) is 35.4 Å². The number of nitrogens with zero attached hydrogens (tertiary/aromatic N) is 1. The van der Waals surface area contributed by atoms with E-state index in [1.54, 1.807) is 6.08 Å². The molecule has 29 heavy (non-hydrogen) atoms. The number of unbranched alkanes of at least 4 members (excludes halogenated alkanes) is 1. The predicted octanol–water partition coefficient (Wildman–Crippen LogP) is 6.26. The van der Waals surface area contributed by atoms with Crippen molar-refractivity contribution < 1.29 is 9.53 Å². The molecule has 0 bridgehead atoms. The van der Waals surface area contributed by atoms with Gasteiger partial charge in [0.25, 0.3) is 0 Å². The number of carbonyl (C=O) groups excluding carboxylic acids is 1. The van der Waals surface area contributed by atoms with Gasteiger partial charge in [0.1, 0.15) is 5.75 Å². The lowest BCUT2D eigenvalue weighted by Crippen LogP contribution is -2.07. The van der Waals surface area contributed by atoms with Crippen LogP contribution < -0.4 is 10.1 Å². The summed E-state index contributed by atoms with van der Waals surface area (Å²) in [7, 11) is 0. The minimum absolute atomic E-state index is 0.214. The Labute approximate surface area is 176 Å². The fraction of sp³-hybridized carbons (Fsp3) is 0.250. The summed E-state index contributed by atoms with van der Waals surface area (Å²) >= 11 is 1.42. The molecule has 0 unspecified atom stereocenters. The second-order valence-electron chi connectivity index (χ2n) is 6.90. The first kappa shape index (κ1) is 20.8. The summed E-state index contributed by atoms with van der Waals surface area (Å²) in [5, 5.41) is 5.38. The Morgan fingerprint density at radius 2 is 2.00 bits per heavy atom. The molecule has 3 rings (SSSR count). The zero-order valence-corrected chi connectivity index (χ0v) is 17.9. The Balaban J connectivity index is 1.64. The molecule has 3 aromatic rings. The number of hydrogen-bond donors (Lipinski definition) is 1. The van der Waals surface area contributed by atoms with E-state index in [9.17, 15) is 4.79 Å². The van der Waals surface area contributed by atoms with Crippen molar-refractivity contribution in [2.24, 2.45) is 0 Å². The van der Waals surface area contributed by atoms with E-state index < -0.39 is 0 Å². The normalized spacial score (nSPS) is 11.0. The molecule has 1 N–H and O–H groups in total. The smallest absolute Gasteiger partial charge is 0.250 e. The number of hydrogen-bond acceptors (Lipinski definition) is 4. The Bertz CT molecular complexity index is 1010. The first-order chi connectivity index (χ1) is 14.1. The van der Waals surface area contributed by atoms with E-state index in [0.29, 0.717) is 11.7 Å². The van der Waals surface area contributed by atoms with E-state index >= 15 is 0 Å². The third-order valence-corrected chi connectivity index (χ3v) is 5.38. The van der Waals surface area contributed by atoms with Crippen LogP contribution in [0.25, 0.3) is 17.3 Å². The van der Waals surface area contributed by atoms with E-state index in [1.807, 2.05) is 29.6 Å². The average Bonchev–Trinajstić information content (AvgIpc) is 3.18. The lowest BCUT2D eigenvalue weighted by molar-refractivity contribution is -0.111. The molecule has 4 nitrogen and oxygen atoms in total. The predicted molar refractivity (Wildman–Crippen MR) is 122 cm³/mol. The number of thiazole rings is 1. The maximum atomic E-state index is 12.3. The molecule has 5 heteroatoms. The number of ether oxygens (including phenoxy) is 1. The lowest BCUT2D eigenvalue weighted by atomic mass is 10.1. The van der Waals surface area contributed by atoms with Crippen LogP contribution in [-0.2, 0) is 4.79 Å². The summed E-state index contributed by atoms with van der Waals surface area (Å²) in [6.45, 7) is 6.98. The number of aryl methyl sites for hydroxylation is 2. The van der Waals surface area contributed by atoms with Gasteiger partial charge in [-0.25, -0.2) is 4.98 Å². The first-order valence-corrected chi connectivity index (χ1v) is 10.7. The molecule has 2 aromatic carbocycles. The number of aromatic nitrogens is 1. The van der Waals surface area contributed by atoms with Crippen molar-refractivity contribution in [3.8, 4) is 17.0 Å². The molecule has 150 valence electrons. The van der Waals surface area contributed by atoms with E-state index in [1.165, 1.54) is 28.5 Å². The highest BCUT2D eigenvalue weighted by atomic mass is 32.1. The van der Waals surface area contributed by atoms with Gasteiger partial charge in [-0.3, -0.25) is 10.1 Å². The highest BCUT2D eigenvalue weighted by Crippen LogP contribution is 2.26. The van der Waals surface area contributed by atoms with Crippen LogP contribution in [0.1, 0.15) is 36.5 Å². The standard InChI is InChI=1S/C24H26N2O2S/c1-4-5-14-28-22-9-7-6-8-19(22)12-13-23(27)26-24-25-21(16-29-24)20-11-10-17(2)18(3)15-20/h6-13,15-16H,4-5,14H2,1-3H3,(H,25,26,27)/b13-12+. The lowest BCUT2D eigenvalue weighted by Gasteiger charge is -2.08. The van der Waals surface area contributed by atoms with Crippen LogP contribution in [0, 0.1) is 13.8 Å². The van der Waals surface area contributed by atoms with Crippen molar-refractivity contribution in [2.75, 3.05) is 11.9 Å². The number of amides is 1. The molecule has 0 aliphatic rings. The van der Waals surface area contributed by atoms with E-state index in [4.69, 9.17) is 4.74 Å². The minimum Gasteiger partial charge on any atom is -0.493 e. The fourth-order valence-electron chi connectivity index (χ4n) is 2.75. The topological polar surface area (TPSA) is 51.2 Å². The Kier molecular flexibility index (Phi) is 7.19. The van der Waals surface area contributed by atoms with Crippen molar-refractivity contribution in [1.29, 1.82) is 0 Å². The summed E-state index contributed by atoms with van der Waals surface area (Å²) < 4.78 is 5.81. The molecule has 1 amide bonds. The second-order valence-corrected chi connectivity index (χ2v) is 7.76. The molecule has 1 heterocycles. The average molecular weight is 407 g/mol. The number of para-hydroxylation sites is 1. The molecule has 0 saturated heterocycles. The number of rotatable bonds is 8. The number of anilines is 1. The highest BCUT2D eigenvalue weighted by molar-refractivity contribution is 7.14. The van der Waals surface area contributed by atoms with Gasteiger partial charge < -0.3 is 4.74 Å². The minimum atomic E-state index is -0.214. The summed E-state index contributed by atoms with van der Waals surface area (Å²) in [4.78, 5) is 16.9. The first-order valence-electron chi connectivity index (χ1n) is 9.81. The molecule has 0 spiro atoms. The maximum absolute atomic E-state index is 12.3. The van der Waals surface area contributed by atoms with Gasteiger partial charge >= 0.3 is 0 Å². The van der Waals surface area contributed by atoms with Crippen molar-refractivity contribution in [3.05, 3.63) is 70.6 Å². The van der Waals surface area contributed by atoms with Crippen molar-refractivity contribution >= 4 is 28.5 Å². The summed E-state index contributed by atoms with van der Waals surface area (Å²) in [6.07, 6.45) is 5.37. The Morgan fingerprint density at radius 1 is 1.17 bits per heavy atom. The number of carbonyl (C=O) groups is 1. The van der Waals surface area contributed by atoms with Crippen LogP contribution in [0.3, 0.4) is 0 Å². The molecule has 1 aromatic heterocycles. The third-order valence-electron chi connectivity index (χ3n) is 4.63. The van der Waals surface area contributed by atoms with Crippen molar-refractivity contribution in [3.63, 3.8) is 0 Å². The zero-order valence-electron chi connectivity index (χ0n) is 17.1. The van der Waals surface area contributed by atoms with Gasteiger partial charge in [0, 0.05) is 22.6 Å². The van der Waals surface area contributed by atoms with Gasteiger partial charge in [-0.1, -0.05) is 43.7 Å². The number of nitrogens with one attached hydrogen (secondary N) is 1. The highest BCUT2D eigenvalue weighted by Gasteiger charge is 2.08. The molecule has 0 fully saturated rings. The second kappa shape index (κ2) is 10.0. The van der Waals surface area contributed by atoms with Gasteiger partial charge in [0.15, 0.2) is 5.13 Å². The maximum Gasteiger partial charge on any atom is 0.250 e. The molecule has 0 atom stereocenters. The van der Waals surface area contributed by atoms with Crippen LogP contribution in [0.15, 0.2) is 53.9 Å². The van der Waals surface area contributed by atoms with Gasteiger partial charge in [-0.2, -0.15) is 0 Å². The van der Waals surface area contributed by atoms with Gasteiger partial charge in [0.2, 0.25) is 5.91 Å². The number of benzene rings is 2. The van der Waals surface area contributed by atoms with Crippen LogP contribution in [-0.4, -0.2) is 17.5 Å². The largest absolute Gasteiger partial charge is 0.493 e.